The Balaban J connectivity index is 2.21. The van der Waals surface area contributed by atoms with Crippen LogP contribution in [0.25, 0.3) is 0 Å². The molecule has 1 aliphatic heterocycles. The largest absolute Gasteiger partial charge is 0.490 e. The highest BCUT2D eigenvalue weighted by atomic mass is 16.5. The van der Waals surface area contributed by atoms with Crippen molar-refractivity contribution in [1.29, 1.82) is 0 Å². The normalized spacial score (nSPS) is 28.3. The number of allylic oxidation sites excluding steroid dienone is 1. The van der Waals surface area contributed by atoms with Gasteiger partial charge in [0.15, 0.2) is 5.78 Å². The zero-order valence-electron chi connectivity index (χ0n) is 7.01. The monoisotopic (exact) mass is 164 g/mol. The lowest BCUT2D eigenvalue weighted by Crippen LogP contribution is -2.07. The van der Waals surface area contributed by atoms with Crippen molar-refractivity contribution in [2.24, 2.45) is 0 Å². The molecule has 0 aromatic carbocycles. The Labute approximate surface area is 71.9 Å². The summed E-state index contributed by atoms with van der Waals surface area (Å²) in [5.41, 5.74) is 0.922. The minimum Gasteiger partial charge on any atom is -0.490 e. The molecule has 0 aromatic heterocycles. The lowest BCUT2D eigenvalue weighted by molar-refractivity contribution is -0.116. The van der Waals surface area contributed by atoms with E-state index in [1.807, 2.05) is 0 Å². The van der Waals surface area contributed by atoms with Crippen molar-refractivity contribution in [1.82, 2.24) is 0 Å². The van der Waals surface area contributed by atoms with Gasteiger partial charge in [-0.3, -0.25) is 4.79 Å². The van der Waals surface area contributed by atoms with Gasteiger partial charge in [-0.05, 0) is 6.42 Å². The molecule has 0 N–H and O–H groups in total. The van der Waals surface area contributed by atoms with Gasteiger partial charge in [0.1, 0.15) is 11.9 Å². The lowest BCUT2D eigenvalue weighted by Gasteiger charge is -2.11. The van der Waals surface area contributed by atoms with Crippen LogP contribution in [-0.2, 0) is 9.53 Å². The number of rotatable bonds is 1. The topological polar surface area (TPSA) is 26.3 Å². The van der Waals surface area contributed by atoms with E-state index >= 15 is 0 Å². The zero-order chi connectivity index (χ0) is 8.55. The fraction of sp³-hybridized carbons (Fsp3) is 0.500. The SMILES string of the molecule is C=CC1CC2=C(CCCC2=O)O1. The van der Waals surface area contributed by atoms with Crippen LogP contribution in [0.3, 0.4) is 0 Å². The van der Waals surface area contributed by atoms with E-state index in [0.29, 0.717) is 6.42 Å². The molecule has 0 fully saturated rings. The van der Waals surface area contributed by atoms with E-state index in [9.17, 15) is 4.79 Å². The second-order valence-electron chi connectivity index (χ2n) is 3.27. The summed E-state index contributed by atoms with van der Waals surface area (Å²) >= 11 is 0. The predicted octanol–water partition coefficient (Wildman–Crippen LogP) is 1.97. The molecule has 1 atom stereocenters. The Morgan fingerprint density at radius 1 is 1.50 bits per heavy atom. The summed E-state index contributed by atoms with van der Waals surface area (Å²) in [6, 6.07) is 0. The van der Waals surface area contributed by atoms with Crippen LogP contribution in [-0.4, -0.2) is 11.9 Å². The number of carbonyl (C=O) groups is 1. The molecular formula is C10H12O2. The Bertz CT molecular complexity index is 263. The molecule has 1 heterocycles. The van der Waals surface area contributed by atoms with Crippen LogP contribution in [0.4, 0.5) is 0 Å². The Morgan fingerprint density at radius 2 is 2.33 bits per heavy atom. The molecule has 0 amide bonds. The van der Waals surface area contributed by atoms with E-state index in [0.717, 1.165) is 30.6 Å². The summed E-state index contributed by atoms with van der Waals surface area (Å²) in [6.45, 7) is 3.66. The molecule has 2 rings (SSSR count). The van der Waals surface area contributed by atoms with Crippen LogP contribution >= 0.6 is 0 Å². The van der Waals surface area contributed by atoms with Crippen molar-refractivity contribution < 1.29 is 9.53 Å². The van der Waals surface area contributed by atoms with Gasteiger partial charge in [-0.1, -0.05) is 12.7 Å². The standard InChI is InChI=1S/C10H12O2/c1-2-7-6-8-9(11)4-3-5-10(8)12-7/h2,7H,1,3-6H2. The minimum absolute atomic E-state index is 0.0528. The molecule has 0 spiro atoms. The first-order valence-corrected chi connectivity index (χ1v) is 4.35. The summed E-state index contributed by atoms with van der Waals surface area (Å²) in [4.78, 5) is 11.4. The third kappa shape index (κ3) is 1.07. The minimum atomic E-state index is 0.0528. The molecule has 1 aliphatic carbocycles. The third-order valence-corrected chi connectivity index (χ3v) is 2.44. The van der Waals surface area contributed by atoms with E-state index in [2.05, 4.69) is 6.58 Å². The molecule has 1 unspecified atom stereocenters. The highest BCUT2D eigenvalue weighted by Crippen LogP contribution is 2.33. The maximum atomic E-state index is 11.4. The molecule has 0 bridgehead atoms. The van der Waals surface area contributed by atoms with Crippen molar-refractivity contribution in [2.75, 3.05) is 0 Å². The summed E-state index contributed by atoms with van der Waals surface area (Å²) in [7, 11) is 0. The molecule has 2 nitrogen and oxygen atoms in total. The van der Waals surface area contributed by atoms with Crippen molar-refractivity contribution in [3.05, 3.63) is 24.0 Å². The second-order valence-corrected chi connectivity index (χ2v) is 3.27. The molecule has 0 aromatic rings. The van der Waals surface area contributed by atoms with Crippen molar-refractivity contribution in [3.63, 3.8) is 0 Å². The molecule has 2 heteroatoms. The molecule has 64 valence electrons. The first-order chi connectivity index (χ1) is 5.81. The van der Waals surface area contributed by atoms with Gasteiger partial charge in [0, 0.05) is 24.8 Å². The van der Waals surface area contributed by atoms with E-state index in [-0.39, 0.29) is 11.9 Å². The van der Waals surface area contributed by atoms with Gasteiger partial charge in [-0.2, -0.15) is 0 Å². The quantitative estimate of drug-likeness (QED) is 0.554. The number of hydrogen-bond acceptors (Lipinski definition) is 2. The Morgan fingerprint density at radius 3 is 3.00 bits per heavy atom. The molecule has 2 aliphatic rings. The fourth-order valence-corrected chi connectivity index (χ4v) is 1.78. The number of Topliss-reactive ketones (excluding diaryl/α,β-unsaturated/α-hetero) is 1. The molecule has 0 saturated heterocycles. The van der Waals surface area contributed by atoms with Crippen LogP contribution in [0.1, 0.15) is 25.7 Å². The first kappa shape index (κ1) is 7.59. The van der Waals surface area contributed by atoms with Crippen molar-refractivity contribution in [3.8, 4) is 0 Å². The van der Waals surface area contributed by atoms with Gasteiger partial charge in [0.05, 0.1) is 0 Å². The summed E-state index contributed by atoms with van der Waals surface area (Å²) < 4.78 is 5.53. The van der Waals surface area contributed by atoms with E-state index < -0.39 is 0 Å². The van der Waals surface area contributed by atoms with Crippen LogP contribution in [0.2, 0.25) is 0 Å². The van der Waals surface area contributed by atoms with Gasteiger partial charge >= 0.3 is 0 Å². The van der Waals surface area contributed by atoms with Crippen molar-refractivity contribution in [2.45, 2.75) is 31.8 Å². The van der Waals surface area contributed by atoms with E-state index in [1.54, 1.807) is 6.08 Å². The van der Waals surface area contributed by atoms with Crippen LogP contribution in [0.5, 0.6) is 0 Å². The van der Waals surface area contributed by atoms with Crippen LogP contribution in [0.15, 0.2) is 24.0 Å². The smallest absolute Gasteiger partial charge is 0.162 e. The molecule has 0 saturated carbocycles. The predicted molar refractivity (Wildman–Crippen MR) is 45.6 cm³/mol. The van der Waals surface area contributed by atoms with E-state index in [1.165, 1.54) is 0 Å². The average molecular weight is 164 g/mol. The Kier molecular flexibility index (Phi) is 1.75. The summed E-state index contributed by atoms with van der Waals surface area (Å²) in [5, 5.41) is 0. The number of ether oxygens (including phenoxy) is 1. The van der Waals surface area contributed by atoms with Gasteiger partial charge in [0.25, 0.3) is 0 Å². The maximum absolute atomic E-state index is 11.4. The number of ketones is 1. The lowest BCUT2D eigenvalue weighted by atomic mass is 9.95. The highest BCUT2D eigenvalue weighted by Gasteiger charge is 2.30. The number of hydrogen-bond donors (Lipinski definition) is 0. The van der Waals surface area contributed by atoms with Crippen LogP contribution in [0, 0.1) is 0 Å². The highest BCUT2D eigenvalue weighted by molar-refractivity contribution is 5.97. The molecule has 0 radical (unpaired) electrons. The number of carbonyl (C=O) groups excluding carboxylic acids is 1. The first-order valence-electron chi connectivity index (χ1n) is 4.35. The fourth-order valence-electron chi connectivity index (χ4n) is 1.78. The van der Waals surface area contributed by atoms with Gasteiger partial charge < -0.3 is 4.74 Å². The maximum Gasteiger partial charge on any atom is 0.162 e. The van der Waals surface area contributed by atoms with Gasteiger partial charge in [0.2, 0.25) is 0 Å². The van der Waals surface area contributed by atoms with E-state index in [4.69, 9.17) is 4.74 Å². The van der Waals surface area contributed by atoms with Crippen molar-refractivity contribution >= 4 is 5.78 Å². The zero-order valence-corrected chi connectivity index (χ0v) is 7.01. The van der Waals surface area contributed by atoms with Gasteiger partial charge in [-0.25, -0.2) is 0 Å². The molecular weight excluding hydrogens is 152 g/mol. The molecule has 12 heavy (non-hydrogen) atoms. The summed E-state index contributed by atoms with van der Waals surface area (Å²) in [5.74, 6) is 1.21. The van der Waals surface area contributed by atoms with Crippen LogP contribution < -0.4 is 0 Å². The second kappa shape index (κ2) is 2.77. The average Bonchev–Trinajstić information content (AvgIpc) is 2.49. The Hall–Kier alpha value is -1.05. The third-order valence-electron chi connectivity index (χ3n) is 2.44. The summed E-state index contributed by atoms with van der Waals surface area (Å²) in [6.07, 6.45) is 5.15. The van der Waals surface area contributed by atoms with Gasteiger partial charge in [-0.15, -0.1) is 0 Å².